The Balaban J connectivity index is 1.79. The molecular weight excluding hydrogens is 314 g/mol. The Morgan fingerprint density at radius 2 is 2.30 bits per heavy atom. The predicted octanol–water partition coefficient (Wildman–Crippen LogP) is 2.65. The normalized spacial score (nSPS) is 19.5. The summed E-state index contributed by atoms with van der Waals surface area (Å²) in [5, 5.41) is 3.98. The summed E-state index contributed by atoms with van der Waals surface area (Å²) in [5.74, 6) is 2.15. The molecule has 1 fully saturated rings. The van der Waals surface area contributed by atoms with Crippen LogP contribution in [0.15, 0.2) is 29.3 Å². The molecule has 0 spiro atoms. The van der Waals surface area contributed by atoms with E-state index < -0.39 is 0 Å². The minimum Gasteiger partial charge on any atom is -0.487 e. The molecule has 1 N–H and O–H groups in total. The number of nitrogens with one attached hydrogen (secondary N) is 1. The predicted molar refractivity (Wildman–Crippen MR) is 94.5 cm³/mol. The van der Waals surface area contributed by atoms with Gasteiger partial charge in [0.1, 0.15) is 11.9 Å². The van der Waals surface area contributed by atoms with Crippen LogP contribution in [0.2, 0.25) is 5.02 Å². The lowest BCUT2D eigenvalue weighted by molar-refractivity contribution is 0.180. The SMILES string of the molecule is CN=C(NCC(C)Oc1ccccc1Cl)N(C)CC1CCOC1. The van der Waals surface area contributed by atoms with E-state index in [-0.39, 0.29) is 6.10 Å². The van der Waals surface area contributed by atoms with Crippen LogP contribution in [0, 0.1) is 5.92 Å². The van der Waals surface area contributed by atoms with Crippen LogP contribution in [-0.4, -0.2) is 57.4 Å². The van der Waals surface area contributed by atoms with Crippen LogP contribution in [0.4, 0.5) is 0 Å². The van der Waals surface area contributed by atoms with E-state index >= 15 is 0 Å². The first-order chi connectivity index (χ1) is 11.1. The van der Waals surface area contributed by atoms with Gasteiger partial charge in [0.2, 0.25) is 0 Å². The lowest BCUT2D eigenvalue weighted by Crippen LogP contribution is -2.44. The molecule has 0 aliphatic carbocycles. The Kier molecular flexibility index (Phi) is 6.99. The number of aliphatic imine (C=N–C) groups is 1. The molecule has 2 unspecified atom stereocenters. The maximum absolute atomic E-state index is 6.11. The van der Waals surface area contributed by atoms with Crippen LogP contribution in [0.3, 0.4) is 0 Å². The van der Waals surface area contributed by atoms with E-state index in [2.05, 4.69) is 15.2 Å². The minimum absolute atomic E-state index is 0.0186. The van der Waals surface area contributed by atoms with Gasteiger partial charge >= 0.3 is 0 Å². The van der Waals surface area contributed by atoms with Crippen molar-refractivity contribution in [2.24, 2.45) is 10.9 Å². The molecule has 0 radical (unpaired) electrons. The Morgan fingerprint density at radius 3 is 2.96 bits per heavy atom. The van der Waals surface area contributed by atoms with Gasteiger partial charge in [0.05, 0.1) is 18.2 Å². The van der Waals surface area contributed by atoms with Gasteiger partial charge in [-0.1, -0.05) is 23.7 Å². The lowest BCUT2D eigenvalue weighted by atomic mass is 10.1. The average Bonchev–Trinajstić information content (AvgIpc) is 3.03. The Hall–Kier alpha value is -1.46. The molecule has 1 aromatic rings. The summed E-state index contributed by atoms with van der Waals surface area (Å²) >= 11 is 6.11. The van der Waals surface area contributed by atoms with Gasteiger partial charge in [-0.15, -0.1) is 0 Å². The molecule has 1 heterocycles. The molecule has 23 heavy (non-hydrogen) atoms. The standard InChI is InChI=1S/C17H26ClN3O2/c1-13(23-16-7-5-4-6-15(16)18)10-20-17(19-2)21(3)11-14-8-9-22-12-14/h4-7,13-14H,8-12H2,1-3H3,(H,19,20). The first-order valence-corrected chi connectivity index (χ1v) is 8.38. The zero-order valence-electron chi connectivity index (χ0n) is 14.1. The fourth-order valence-corrected chi connectivity index (χ4v) is 2.80. The highest BCUT2D eigenvalue weighted by Gasteiger charge is 2.19. The van der Waals surface area contributed by atoms with E-state index in [9.17, 15) is 0 Å². The molecular formula is C17H26ClN3O2. The van der Waals surface area contributed by atoms with E-state index in [4.69, 9.17) is 21.1 Å². The molecule has 128 valence electrons. The van der Waals surface area contributed by atoms with Crippen molar-refractivity contribution in [3.8, 4) is 5.75 Å². The van der Waals surface area contributed by atoms with Gasteiger partial charge in [0.15, 0.2) is 5.96 Å². The number of nitrogens with zero attached hydrogens (tertiary/aromatic N) is 2. The molecule has 1 aliphatic heterocycles. The van der Waals surface area contributed by atoms with Gasteiger partial charge in [-0.25, -0.2) is 0 Å². The van der Waals surface area contributed by atoms with Gasteiger partial charge in [-0.2, -0.15) is 0 Å². The number of halogens is 1. The molecule has 6 heteroatoms. The van der Waals surface area contributed by atoms with Crippen molar-refractivity contribution in [2.75, 3.05) is 40.4 Å². The quantitative estimate of drug-likeness (QED) is 0.639. The number of hydrogen-bond donors (Lipinski definition) is 1. The topological polar surface area (TPSA) is 46.1 Å². The van der Waals surface area contributed by atoms with E-state index in [1.807, 2.05) is 38.2 Å². The number of guanidine groups is 1. The first kappa shape index (κ1) is 17.9. The fourth-order valence-electron chi connectivity index (χ4n) is 2.62. The van der Waals surface area contributed by atoms with Crippen molar-refractivity contribution in [3.05, 3.63) is 29.3 Å². The average molecular weight is 340 g/mol. The van der Waals surface area contributed by atoms with E-state index in [1.54, 1.807) is 7.05 Å². The van der Waals surface area contributed by atoms with Crippen molar-refractivity contribution in [3.63, 3.8) is 0 Å². The Labute approximate surface area is 143 Å². The number of hydrogen-bond acceptors (Lipinski definition) is 3. The van der Waals surface area contributed by atoms with Gasteiger partial charge < -0.3 is 19.7 Å². The maximum atomic E-state index is 6.11. The van der Waals surface area contributed by atoms with E-state index in [1.165, 1.54) is 0 Å². The number of para-hydroxylation sites is 1. The molecule has 0 aromatic heterocycles. The summed E-state index contributed by atoms with van der Waals surface area (Å²) in [4.78, 5) is 6.48. The van der Waals surface area contributed by atoms with Crippen molar-refractivity contribution < 1.29 is 9.47 Å². The molecule has 1 aromatic carbocycles. The molecule has 1 aliphatic rings. The summed E-state index contributed by atoms with van der Waals surface area (Å²) in [6, 6.07) is 7.51. The van der Waals surface area contributed by atoms with Gasteiger partial charge in [0.25, 0.3) is 0 Å². The third-order valence-electron chi connectivity index (χ3n) is 3.84. The monoisotopic (exact) mass is 339 g/mol. The second kappa shape index (κ2) is 8.99. The molecule has 1 saturated heterocycles. The largest absolute Gasteiger partial charge is 0.487 e. The van der Waals surface area contributed by atoms with Crippen LogP contribution >= 0.6 is 11.6 Å². The second-order valence-electron chi connectivity index (χ2n) is 5.90. The van der Waals surface area contributed by atoms with Crippen LogP contribution in [0.25, 0.3) is 0 Å². The van der Waals surface area contributed by atoms with Gasteiger partial charge in [0, 0.05) is 33.2 Å². The number of ether oxygens (including phenoxy) is 2. The van der Waals surface area contributed by atoms with Crippen LogP contribution in [0.1, 0.15) is 13.3 Å². The molecule has 0 amide bonds. The van der Waals surface area contributed by atoms with Crippen LogP contribution in [-0.2, 0) is 4.74 Å². The summed E-state index contributed by atoms with van der Waals surface area (Å²) in [6.07, 6.45) is 1.10. The zero-order chi connectivity index (χ0) is 16.7. The lowest BCUT2D eigenvalue weighted by Gasteiger charge is -2.26. The Morgan fingerprint density at radius 1 is 1.52 bits per heavy atom. The summed E-state index contributed by atoms with van der Waals surface area (Å²) in [5.41, 5.74) is 0. The maximum Gasteiger partial charge on any atom is 0.193 e. The fraction of sp³-hybridized carbons (Fsp3) is 0.588. The van der Waals surface area contributed by atoms with Crippen molar-refractivity contribution in [1.82, 2.24) is 10.2 Å². The highest BCUT2D eigenvalue weighted by molar-refractivity contribution is 6.32. The summed E-state index contributed by atoms with van der Waals surface area (Å²) in [6.45, 7) is 5.32. The van der Waals surface area contributed by atoms with Crippen LogP contribution < -0.4 is 10.1 Å². The molecule has 0 saturated carbocycles. The molecule has 5 nitrogen and oxygen atoms in total. The van der Waals surface area contributed by atoms with Gasteiger partial charge in [-0.3, -0.25) is 4.99 Å². The highest BCUT2D eigenvalue weighted by atomic mass is 35.5. The second-order valence-corrected chi connectivity index (χ2v) is 6.30. The zero-order valence-corrected chi connectivity index (χ0v) is 14.8. The smallest absolute Gasteiger partial charge is 0.193 e. The first-order valence-electron chi connectivity index (χ1n) is 8.01. The Bertz CT molecular complexity index is 518. The van der Waals surface area contributed by atoms with E-state index in [0.717, 1.165) is 32.1 Å². The van der Waals surface area contributed by atoms with Crippen LogP contribution in [0.5, 0.6) is 5.75 Å². The molecule has 2 rings (SSSR count). The van der Waals surface area contributed by atoms with Crippen molar-refractivity contribution in [2.45, 2.75) is 19.4 Å². The summed E-state index contributed by atoms with van der Waals surface area (Å²) in [7, 11) is 3.84. The molecule has 0 bridgehead atoms. The van der Waals surface area contributed by atoms with Crippen molar-refractivity contribution in [1.29, 1.82) is 0 Å². The number of rotatable bonds is 6. The molecule has 2 atom stereocenters. The highest BCUT2D eigenvalue weighted by Crippen LogP contribution is 2.24. The third kappa shape index (κ3) is 5.59. The summed E-state index contributed by atoms with van der Waals surface area (Å²) < 4.78 is 11.3. The van der Waals surface area contributed by atoms with Crippen molar-refractivity contribution >= 4 is 17.6 Å². The van der Waals surface area contributed by atoms with Gasteiger partial charge in [-0.05, 0) is 25.5 Å². The third-order valence-corrected chi connectivity index (χ3v) is 4.15. The number of benzene rings is 1. The minimum atomic E-state index is -0.0186. The van der Waals surface area contributed by atoms with E-state index in [0.29, 0.717) is 23.2 Å².